The van der Waals surface area contributed by atoms with Gasteiger partial charge in [0.05, 0.1) is 18.0 Å². The van der Waals surface area contributed by atoms with Crippen LogP contribution in [-0.2, 0) is 0 Å². The number of halogens is 3. The summed E-state index contributed by atoms with van der Waals surface area (Å²) in [6, 6.07) is 0. The van der Waals surface area contributed by atoms with Crippen LogP contribution in [0.3, 0.4) is 0 Å². The van der Waals surface area contributed by atoms with Gasteiger partial charge in [0.2, 0.25) is 0 Å². The molecule has 1 aliphatic heterocycles. The van der Waals surface area contributed by atoms with Crippen LogP contribution in [0.1, 0.15) is 32.6 Å². The van der Waals surface area contributed by atoms with Gasteiger partial charge in [-0.05, 0) is 32.6 Å². The highest BCUT2D eigenvalue weighted by Gasteiger charge is 2.49. The number of nitrogens with two attached hydrogens (primary N) is 1. The lowest BCUT2D eigenvalue weighted by atomic mass is 9.75. The smallest absolute Gasteiger partial charge is 0.370 e. The highest BCUT2D eigenvalue weighted by atomic mass is 19.4. The molecule has 1 aliphatic carbocycles. The molecule has 1 fully saturated rings. The standard InChI is InChI=1S/C11H18F3N3/c1-2-17-9(15)16-7-10(17)5-3-8(4-6-10)11(12,13)14/h8H,2-7H2,1H3,(H2,15,16). The van der Waals surface area contributed by atoms with Crippen LogP contribution in [0.5, 0.6) is 0 Å². The van der Waals surface area contributed by atoms with Crippen LogP contribution in [0.2, 0.25) is 0 Å². The summed E-state index contributed by atoms with van der Waals surface area (Å²) < 4.78 is 37.8. The van der Waals surface area contributed by atoms with Crippen molar-refractivity contribution in [1.29, 1.82) is 0 Å². The Morgan fingerprint density at radius 2 is 2.00 bits per heavy atom. The Morgan fingerprint density at radius 3 is 2.47 bits per heavy atom. The van der Waals surface area contributed by atoms with Gasteiger partial charge in [-0.25, -0.2) is 0 Å². The Labute approximate surface area is 98.9 Å². The third-order valence-corrected chi connectivity index (χ3v) is 4.08. The first kappa shape index (κ1) is 12.5. The van der Waals surface area contributed by atoms with Gasteiger partial charge in [0.25, 0.3) is 0 Å². The molecule has 0 saturated heterocycles. The predicted molar refractivity (Wildman–Crippen MR) is 59.6 cm³/mol. The molecule has 17 heavy (non-hydrogen) atoms. The van der Waals surface area contributed by atoms with Gasteiger partial charge in [0.15, 0.2) is 5.96 Å². The second-order valence-electron chi connectivity index (χ2n) is 4.96. The van der Waals surface area contributed by atoms with Gasteiger partial charge < -0.3 is 10.6 Å². The number of hydrogen-bond donors (Lipinski definition) is 1. The zero-order valence-corrected chi connectivity index (χ0v) is 9.93. The zero-order valence-electron chi connectivity index (χ0n) is 9.93. The number of likely N-dealkylation sites (N-methyl/N-ethyl adjacent to an activating group) is 1. The molecule has 98 valence electrons. The van der Waals surface area contributed by atoms with Crippen LogP contribution >= 0.6 is 0 Å². The van der Waals surface area contributed by atoms with Crippen molar-refractivity contribution >= 4 is 5.96 Å². The van der Waals surface area contributed by atoms with Crippen LogP contribution in [-0.4, -0.2) is 35.7 Å². The average Bonchev–Trinajstić information content (AvgIpc) is 2.55. The fourth-order valence-electron chi connectivity index (χ4n) is 3.05. The molecule has 1 spiro atoms. The maximum Gasteiger partial charge on any atom is 0.391 e. The quantitative estimate of drug-likeness (QED) is 0.773. The Kier molecular flexibility index (Phi) is 2.99. The van der Waals surface area contributed by atoms with Crippen LogP contribution in [0.4, 0.5) is 13.2 Å². The summed E-state index contributed by atoms with van der Waals surface area (Å²) >= 11 is 0. The van der Waals surface area contributed by atoms with Crippen molar-refractivity contribution < 1.29 is 13.2 Å². The minimum absolute atomic E-state index is 0.197. The van der Waals surface area contributed by atoms with E-state index in [0.29, 0.717) is 31.9 Å². The molecule has 2 N–H and O–H groups in total. The maximum atomic E-state index is 12.6. The summed E-state index contributed by atoms with van der Waals surface area (Å²) in [5, 5.41) is 0. The summed E-state index contributed by atoms with van der Waals surface area (Å²) in [7, 11) is 0. The number of alkyl halides is 3. The van der Waals surface area contributed by atoms with E-state index in [1.54, 1.807) is 0 Å². The van der Waals surface area contributed by atoms with Crippen molar-refractivity contribution in [2.24, 2.45) is 16.6 Å². The topological polar surface area (TPSA) is 41.6 Å². The second kappa shape index (κ2) is 4.07. The lowest BCUT2D eigenvalue weighted by molar-refractivity contribution is -0.186. The SMILES string of the molecule is CCN1C(N)=NCC12CCC(C(F)(F)F)CC2. The van der Waals surface area contributed by atoms with Gasteiger partial charge >= 0.3 is 6.18 Å². The Balaban J connectivity index is 2.04. The minimum atomic E-state index is -4.05. The van der Waals surface area contributed by atoms with Crippen molar-refractivity contribution in [3.8, 4) is 0 Å². The van der Waals surface area contributed by atoms with Gasteiger partial charge in [-0.3, -0.25) is 4.99 Å². The van der Waals surface area contributed by atoms with Crippen LogP contribution < -0.4 is 5.73 Å². The van der Waals surface area contributed by atoms with E-state index >= 15 is 0 Å². The Bertz CT molecular complexity index is 316. The summed E-state index contributed by atoms with van der Waals surface area (Å²) in [6.07, 6.45) is -2.58. The molecule has 2 aliphatic rings. The second-order valence-corrected chi connectivity index (χ2v) is 4.96. The van der Waals surface area contributed by atoms with E-state index < -0.39 is 12.1 Å². The van der Waals surface area contributed by atoms with E-state index in [1.165, 1.54) is 0 Å². The first-order chi connectivity index (χ1) is 7.89. The monoisotopic (exact) mass is 249 g/mol. The maximum absolute atomic E-state index is 12.6. The van der Waals surface area contributed by atoms with Gasteiger partial charge in [0, 0.05) is 6.54 Å². The molecular weight excluding hydrogens is 231 g/mol. The van der Waals surface area contributed by atoms with Gasteiger partial charge in [-0.2, -0.15) is 13.2 Å². The molecule has 0 atom stereocenters. The summed E-state index contributed by atoms with van der Waals surface area (Å²) in [4.78, 5) is 6.16. The van der Waals surface area contributed by atoms with Crippen LogP contribution in [0.15, 0.2) is 4.99 Å². The summed E-state index contributed by atoms with van der Waals surface area (Å²) in [5.41, 5.74) is 5.53. The van der Waals surface area contributed by atoms with Gasteiger partial charge in [0.1, 0.15) is 0 Å². The molecule has 1 saturated carbocycles. The summed E-state index contributed by atoms with van der Waals surface area (Å²) in [6.45, 7) is 3.23. The molecule has 0 aromatic rings. The van der Waals surface area contributed by atoms with Crippen LogP contribution in [0.25, 0.3) is 0 Å². The fraction of sp³-hybridized carbons (Fsp3) is 0.909. The first-order valence-electron chi connectivity index (χ1n) is 6.03. The largest absolute Gasteiger partial charge is 0.391 e. The number of rotatable bonds is 1. The van der Waals surface area contributed by atoms with Crippen molar-refractivity contribution in [2.45, 2.75) is 44.3 Å². The van der Waals surface area contributed by atoms with E-state index in [9.17, 15) is 13.2 Å². The van der Waals surface area contributed by atoms with Gasteiger partial charge in [-0.1, -0.05) is 0 Å². The first-order valence-corrected chi connectivity index (χ1v) is 6.03. The molecule has 6 heteroatoms. The van der Waals surface area contributed by atoms with Crippen LogP contribution in [0, 0.1) is 5.92 Å². The Morgan fingerprint density at radius 1 is 1.41 bits per heavy atom. The van der Waals surface area contributed by atoms with E-state index in [1.807, 2.05) is 11.8 Å². The van der Waals surface area contributed by atoms with Crippen molar-refractivity contribution in [3.05, 3.63) is 0 Å². The zero-order chi connectivity index (χ0) is 12.7. The number of aliphatic imine (C=N–C) groups is 1. The molecular formula is C11H18F3N3. The van der Waals surface area contributed by atoms with E-state index in [2.05, 4.69) is 4.99 Å². The number of hydrogen-bond acceptors (Lipinski definition) is 3. The highest BCUT2D eigenvalue weighted by Crippen LogP contribution is 2.44. The highest BCUT2D eigenvalue weighted by molar-refractivity contribution is 5.81. The van der Waals surface area contributed by atoms with E-state index in [0.717, 1.165) is 0 Å². The number of guanidine groups is 1. The molecule has 3 nitrogen and oxygen atoms in total. The fourth-order valence-corrected chi connectivity index (χ4v) is 3.05. The van der Waals surface area contributed by atoms with Crippen molar-refractivity contribution in [1.82, 2.24) is 4.90 Å². The van der Waals surface area contributed by atoms with E-state index in [4.69, 9.17) is 5.73 Å². The summed E-state index contributed by atoms with van der Waals surface area (Å²) in [5.74, 6) is -0.661. The lowest BCUT2D eigenvalue weighted by Gasteiger charge is -2.44. The van der Waals surface area contributed by atoms with Crippen molar-refractivity contribution in [2.75, 3.05) is 13.1 Å². The minimum Gasteiger partial charge on any atom is -0.370 e. The normalized spacial score (nSPS) is 34.2. The molecule has 1 heterocycles. The molecule has 0 amide bonds. The third kappa shape index (κ3) is 2.09. The number of nitrogens with zero attached hydrogens (tertiary/aromatic N) is 2. The molecule has 0 bridgehead atoms. The molecule has 0 aromatic heterocycles. The molecule has 0 unspecified atom stereocenters. The third-order valence-electron chi connectivity index (χ3n) is 4.08. The average molecular weight is 249 g/mol. The molecule has 0 radical (unpaired) electrons. The molecule has 2 rings (SSSR count). The van der Waals surface area contributed by atoms with Gasteiger partial charge in [-0.15, -0.1) is 0 Å². The van der Waals surface area contributed by atoms with Crippen molar-refractivity contribution in [3.63, 3.8) is 0 Å². The molecule has 0 aromatic carbocycles. The predicted octanol–water partition coefficient (Wildman–Crippen LogP) is 2.13. The Hall–Kier alpha value is -0.940. The van der Waals surface area contributed by atoms with E-state index in [-0.39, 0.29) is 18.4 Å². The lowest BCUT2D eigenvalue weighted by Crippen LogP contribution is -2.54.